The highest BCUT2D eigenvalue weighted by molar-refractivity contribution is 5.80. The van der Waals surface area contributed by atoms with Crippen LogP contribution in [0.15, 0.2) is 30.5 Å². The summed E-state index contributed by atoms with van der Waals surface area (Å²) in [6.07, 6.45) is 2.07. The van der Waals surface area contributed by atoms with Gasteiger partial charge in [0, 0.05) is 38.5 Å². The second kappa shape index (κ2) is 7.28. The normalized spacial score (nSPS) is 11.3. The van der Waals surface area contributed by atoms with E-state index in [0.29, 0.717) is 6.73 Å². The molecule has 0 atom stereocenters. The van der Waals surface area contributed by atoms with E-state index in [4.69, 9.17) is 9.47 Å². The van der Waals surface area contributed by atoms with Gasteiger partial charge in [-0.1, -0.05) is 6.07 Å². The summed E-state index contributed by atoms with van der Waals surface area (Å²) in [5, 5.41) is 4.61. The van der Waals surface area contributed by atoms with Gasteiger partial charge in [0.1, 0.15) is 6.73 Å². The minimum absolute atomic E-state index is 0.617. The van der Waals surface area contributed by atoms with E-state index in [9.17, 15) is 0 Å². The summed E-state index contributed by atoms with van der Waals surface area (Å²) in [4.78, 5) is 0. The predicted octanol–water partition coefficient (Wildman–Crippen LogP) is 2.37. The van der Waals surface area contributed by atoms with Crippen LogP contribution in [0.25, 0.3) is 10.9 Å². The zero-order chi connectivity index (χ0) is 13.5. The maximum Gasteiger partial charge on any atom is 0.122 e. The van der Waals surface area contributed by atoms with E-state index in [0.717, 1.165) is 26.3 Å². The van der Waals surface area contributed by atoms with Crippen molar-refractivity contribution in [3.8, 4) is 0 Å². The van der Waals surface area contributed by atoms with Crippen LogP contribution in [0.2, 0.25) is 0 Å². The molecule has 0 radical (unpaired) electrons. The van der Waals surface area contributed by atoms with E-state index in [-0.39, 0.29) is 0 Å². The highest BCUT2D eigenvalue weighted by Crippen LogP contribution is 2.17. The fraction of sp³-hybridized carbons (Fsp3) is 0.467. The molecule has 0 aliphatic rings. The first kappa shape index (κ1) is 14.1. The molecule has 0 bridgehead atoms. The molecule has 1 aromatic carbocycles. The molecule has 0 spiro atoms. The van der Waals surface area contributed by atoms with Crippen LogP contribution in [0.1, 0.15) is 12.5 Å². The van der Waals surface area contributed by atoms with Crippen molar-refractivity contribution in [1.82, 2.24) is 9.88 Å². The van der Waals surface area contributed by atoms with Crippen molar-refractivity contribution in [3.63, 3.8) is 0 Å². The fourth-order valence-corrected chi connectivity index (χ4v) is 2.07. The molecule has 2 aromatic rings. The first-order valence-electron chi connectivity index (χ1n) is 6.70. The van der Waals surface area contributed by atoms with E-state index in [1.807, 2.05) is 6.92 Å². The van der Waals surface area contributed by atoms with Crippen molar-refractivity contribution in [3.05, 3.63) is 36.0 Å². The van der Waals surface area contributed by atoms with Gasteiger partial charge in [-0.2, -0.15) is 0 Å². The number of hydrogen-bond acceptors (Lipinski definition) is 3. The summed E-state index contributed by atoms with van der Waals surface area (Å²) in [5.41, 5.74) is 2.51. The molecule has 1 heterocycles. The number of benzene rings is 1. The maximum absolute atomic E-state index is 5.44. The van der Waals surface area contributed by atoms with Crippen LogP contribution in [0.5, 0.6) is 0 Å². The molecule has 1 aromatic heterocycles. The minimum atomic E-state index is 0.617. The quantitative estimate of drug-likeness (QED) is 0.742. The Kier molecular flexibility index (Phi) is 5.39. The number of hydrogen-bond donors (Lipinski definition) is 1. The highest BCUT2D eigenvalue weighted by atomic mass is 16.5. The average molecular weight is 262 g/mol. The first-order chi connectivity index (χ1) is 9.35. The van der Waals surface area contributed by atoms with Crippen LogP contribution in [-0.2, 0) is 22.7 Å². The molecular formula is C15H22N2O2. The van der Waals surface area contributed by atoms with Crippen molar-refractivity contribution in [2.45, 2.75) is 20.2 Å². The Balaban J connectivity index is 2.01. The van der Waals surface area contributed by atoms with E-state index in [1.54, 1.807) is 7.11 Å². The Morgan fingerprint density at radius 3 is 2.95 bits per heavy atom. The van der Waals surface area contributed by atoms with Gasteiger partial charge in [0.15, 0.2) is 0 Å². The summed E-state index contributed by atoms with van der Waals surface area (Å²) in [6, 6.07) is 8.66. The average Bonchev–Trinajstić information content (AvgIpc) is 2.84. The summed E-state index contributed by atoms with van der Waals surface area (Å²) >= 11 is 0. The SMILES string of the molecule is CCOCn1ccc2cc(CNCCOC)ccc21. The van der Waals surface area contributed by atoms with E-state index in [1.165, 1.54) is 16.5 Å². The highest BCUT2D eigenvalue weighted by Gasteiger charge is 2.02. The Morgan fingerprint density at radius 2 is 2.16 bits per heavy atom. The van der Waals surface area contributed by atoms with Crippen LogP contribution in [0.4, 0.5) is 0 Å². The molecule has 0 aliphatic heterocycles. The lowest BCUT2D eigenvalue weighted by atomic mass is 10.1. The van der Waals surface area contributed by atoms with Crippen molar-refractivity contribution in [1.29, 1.82) is 0 Å². The van der Waals surface area contributed by atoms with Gasteiger partial charge in [-0.3, -0.25) is 0 Å². The Labute approximate surface area is 114 Å². The third-order valence-corrected chi connectivity index (χ3v) is 3.08. The van der Waals surface area contributed by atoms with Crippen molar-refractivity contribution >= 4 is 10.9 Å². The fourth-order valence-electron chi connectivity index (χ4n) is 2.07. The molecule has 4 nitrogen and oxygen atoms in total. The number of rotatable bonds is 8. The number of methoxy groups -OCH3 is 1. The van der Waals surface area contributed by atoms with Crippen LogP contribution in [0, 0.1) is 0 Å². The van der Waals surface area contributed by atoms with Gasteiger partial charge in [0.2, 0.25) is 0 Å². The van der Waals surface area contributed by atoms with Gasteiger partial charge in [-0.25, -0.2) is 0 Å². The lowest BCUT2D eigenvalue weighted by Gasteiger charge is -2.07. The molecule has 104 valence electrons. The lowest BCUT2D eigenvalue weighted by molar-refractivity contribution is 0.0909. The van der Waals surface area contributed by atoms with Gasteiger partial charge in [-0.05, 0) is 36.1 Å². The molecule has 2 rings (SSSR count). The number of fused-ring (bicyclic) bond motifs is 1. The minimum Gasteiger partial charge on any atom is -0.383 e. The molecule has 4 heteroatoms. The molecule has 0 saturated heterocycles. The maximum atomic E-state index is 5.44. The third-order valence-electron chi connectivity index (χ3n) is 3.08. The number of nitrogens with one attached hydrogen (secondary N) is 1. The second-order valence-corrected chi connectivity index (χ2v) is 4.47. The molecule has 19 heavy (non-hydrogen) atoms. The van der Waals surface area contributed by atoms with Crippen LogP contribution >= 0.6 is 0 Å². The van der Waals surface area contributed by atoms with Crippen molar-refractivity contribution in [2.24, 2.45) is 0 Å². The molecule has 0 fully saturated rings. The zero-order valence-electron chi connectivity index (χ0n) is 11.7. The van der Waals surface area contributed by atoms with Crippen molar-refractivity contribution in [2.75, 3.05) is 26.9 Å². The summed E-state index contributed by atoms with van der Waals surface area (Å²) in [7, 11) is 1.72. The van der Waals surface area contributed by atoms with Gasteiger partial charge in [0.25, 0.3) is 0 Å². The van der Waals surface area contributed by atoms with Crippen LogP contribution < -0.4 is 5.32 Å². The topological polar surface area (TPSA) is 35.4 Å². The summed E-state index contributed by atoms with van der Waals surface area (Å²) in [5.74, 6) is 0. The second-order valence-electron chi connectivity index (χ2n) is 4.47. The molecular weight excluding hydrogens is 240 g/mol. The standard InChI is InChI=1S/C15H22N2O2/c1-3-19-12-17-8-6-14-10-13(4-5-15(14)17)11-16-7-9-18-2/h4-6,8,10,16H,3,7,9,11-12H2,1-2H3. The molecule has 1 N–H and O–H groups in total. The Morgan fingerprint density at radius 1 is 1.26 bits per heavy atom. The van der Waals surface area contributed by atoms with Gasteiger partial charge < -0.3 is 19.4 Å². The van der Waals surface area contributed by atoms with E-state index in [2.05, 4.69) is 40.3 Å². The van der Waals surface area contributed by atoms with Gasteiger partial charge >= 0.3 is 0 Å². The predicted molar refractivity (Wildman–Crippen MR) is 77.1 cm³/mol. The lowest BCUT2D eigenvalue weighted by Crippen LogP contribution is -2.18. The number of ether oxygens (including phenoxy) is 2. The third kappa shape index (κ3) is 3.80. The zero-order valence-corrected chi connectivity index (χ0v) is 11.7. The summed E-state index contributed by atoms with van der Waals surface area (Å²) in [6.45, 7) is 5.85. The van der Waals surface area contributed by atoms with Crippen LogP contribution in [-0.4, -0.2) is 31.4 Å². The largest absolute Gasteiger partial charge is 0.383 e. The molecule has 0 amide bonds. The smallest absolute Gasteiger partial charge is 0.122 e. The van der Waals surface area contributed by atoms with Gasteiger partial charge in [0.05, 0.1) is 6.61 Å². The number of aromatic nitrogens is 1. The number of nitrogens with zero attached hydrogens (tertiary/aromatic N) is 1. The van der Waals surface area contributed by atoms with E-state index >= 15 is 0 Å². The Bertz CT molecular complexity index is 508. The van der Waals surface area contributed by atoms with E-state index < -0.39 is 0 Å². The monoisotopic (exact) mass is 262 g/mol. The first-order valence-corrected chi connectivity index (χ1v) is 6.70. The molecule has 0 unspecified atom stereocenters. The van der Waals surface area contributed by atoms with Crippen molar-refractivity contribution < 1.29 is 9.47 Å². The van der Waals surface area contributed by atoms with Gasteiger partial charge in [-0.15, -0.1) is 0 Å². The van der Waals surface area contributed by atoms with Crippen LogP contribution in [0.3, 0.4) is 0 Å². The summed E-state index contributed by atoms with van der Waals surface area (Å²) < 4.78 is 12.6. The molecule has 0 saturated carbocycles. The molecule has 0 aliphatic carbocycles. The Hall–Kier alpha value is -1.36.